The Bertz CT molecular complexity index is 1130. The average Bonchev–Trinajstić information content (AvgIpc) is 3.18. The van der Waals surface area contributed by atoms with Gasteiger partial charge >= 0.3 is 0 Å². The van der Waals surface area contributed by atoms with Gasteiger partial charge in [-0.15, -0.1) is 0 Å². The molecule has 0 radical (unpaired) electrons. The molecule has 0 unspecified atom stereocenters. The molecule has 33 heavy (non-hydrogen) atoms. The number of fused-ring (bicyclic) bond motifs is 1. The lowest BCUT2D eigenvalue weighted by atomic mass is 9.90. The van der Waals surface area contributed by atoms with E-state index in [9.17, 15) is 9.90 Å². The molecule has 1 aliphatic carbocycles. The Kier molecular flexibility index (Phi) is 6.39. The summed E-state index contributed by atoms with van der Waals surface area (Å²) in [4.78, 5) is 26.0. The molecule has 2 heterocycles. The molecule has 1 fully saturated rings. The highest BCUT2D eigenvalue weighted by Crippen LogP contribution is 2.42. The predicted octanol–water partition coefficient (Wildman–Crippen LogP) is 4.55. The summed E-state index contributed by atoms with van der Waals surface area (Å²) in [5.41, 5.74) is 1.74. The van der Waals surface area contributed by atoms with E-state index in [4.69, 9.17) is 4.43 Å². The number of nitrogens with one attached hydrogen (secondary N) is 1. The first kappa shape index (κ1) is 23.5. The molecule has 3 atom stereocenters. The van der Waals surface area contributed by atoms with Crippen LogP contribution in [0.1, 0.15) is 56.4 Å². The van der Waals surface area contributed by atoms with Crippen LogP contribution >= 0.6 is 0 Å². The van der Waals surface area contributed by atoms with Crippen molar-refractivity contribution in [2.75, 3.05) is 5.32 Å². The van der Waals surface area contributed by atoms with E-state index in [0.29, 0.717) is 35.4 Å². The number of nitrogens with zero attached hydrogens (tertiary/aromatic N) is 4. The Morgan fingerprint density at radius 1 is 1.15 bits per heavy atom. The van der Waals surface area contributed by atoms with Gasteiger partial charge in [-0.3, -0.25) is 4.79 Å². The van der Waals surface area contributed by atoms with Crippen molar-refractivity contribution in [3.63, 3.8) is 0 Å². The number of aliphatic hydroxyl groups is 1. The molecule has 8 nitrogen and oxygen atoms in total. The van der Waals surface area contributed by atoms with E-state index < -0.39 is 8.32 Å². The minimum absolute atomic E-state index is 0.0000925. The summed E-state index contributed by atoms with van der Waals surface area (Å²) < 4.78 is 8.80. The lowest BCUT2D eigenvalue weighted by Gasteiger charge is -2.44. The second-order valence-electron chi connectivity index (χ2n) is 10.3. The molecule has 0 bridgehead atoms. The van der Waals surface area contributed by atoms with E-state index in [0.717, 1.165) is 6.42 Å². The summed E-state index contributed by atoms with van der Waals surface area (Å²) in [5, 5.41) is 13.3. The number of hydrogen-bond acceptors (Lipinski definition) is 6. The molecule has 2 aromatic heterocycles. The fourth-order valence-electron chi connectivity index (χ4n) is 4.05. The third kappa shape index (κ3) is 4.85. The first-order valence-corrected chi connectivity index (χ1v) is 14.4. The zero-order chi connectivity index (χ0) is 23.8. The Morgan fingerprint density at radius 2 is 1.88 bits per heavy atom. The predicted molar refractivity (Wildman–Crippen MR) is 131 cm³/mol. The molecule has 4 rings (SSSR count). The maximum absolute atomic E-state index is 12.7. The van der Waals surface area contributed by atoms with Crippen LogP contribution in [-0.4, -0.2) is 51.1 Å². The van der Waals surface area contributed by atoms with Crippen LogP contribution in [0.4, 0.5) is 5.82 Å². The van der Waals surface area contributed by atoms with Crippen LogP contribution in [0.3, 0.4) is 0 Å². The molecule has 0 saturated heterocycles. The highest BCUT2D eigenvalue weighted by Gasteiger charge is 2.43. The van der Waals surface area contributed by atoms with Crippen molar-refractivity contribution in [1.82, 2.24) is 19.5 Å². The summed E-state index contributed by atoms with van der Waals surface area (Å²) in [6, 6.07) is 9.01. The van der Waals surface area contributed by atoms with Gasteiger partial charge in [-0.25, -0.2) is 15.0 Å². The van der Waals surface area contributed by atoms with Gasteiger partial charge in [0, 0.05) is 12.0 Å². The minimum Gasteiger partial charge on any atom is -0.412 e. The second-order valence-corrected chi connectivity index (χ2v) is 15.1. The average molecular weight is 468 g/mol. The monoisotopic (exact) mass is 467 g/mol. The quantitative estimate of drug-likeness (QED) is 0.534. The maximum atomic E-state index is 12.7. The van der Waals surface area contributed by atoms with Crippen LogP contribution in [0.15, 0.2) is 43.0 Å². The summed E-state index contributed by atoms with van der Waals surface area (Å²) in [5.74, 6) is 0.135. The number of rotatable bonds is 5. The lowest BCUT2D eigenvalue weighted by molar-refractivity contribution is 0.0138. The van der Waals surface area contributed by atoms with Crippen LogP contribution in [-0.2, 0) is 4.43 Å². The Balaban J connectivity index is 1.64. The fraction of sp³-hybridized carbons (Fsp3) is 0.500. The van der Waals surface area contributed by atoms with Crippen LogP contribution in [0.2, 0.25) is 18.1 Å². The number of aromatic nitrogens is 4. The molecular weight excluding hydrogens is 434 g/mol. The minimum atomic E-state index is -2.05. The first-order chi connectivity index (χ1) is 15.6. The lowest BCUT2D eigenvalue weighted by Crippen LogP contribution is -2.48. The second kappa shape index (κ2) is 8.96. The van der Waals surface area contributed by atoms with Crippen LogP contribution in [0.5, 0.6) is 0 Å². The zero-order valence-electron chi connectivity index (χ0n) is 19.9. The number of imidazole rings is 1. The van der Waals surface area contributed by atoms with E-state index in [1.807, 2.05) is 22.8 Å². The normalized spacial score (nSPS) is 21.8. The number of benzene rings is 1. The number of carbonyl (C=O) groups is 1. The maximum Gasteiger partial charge on any atom is 0.256 e. The highest BCUT2D eigenvalue weighted by molar-refractivity contribution is 6.74. The van der Waals surface area contributed by atoms with Gasteiger partial charge in [-0.1, -0.05) is 39.0 Å². The summed E-state index contributed by atoms with van der Waals surface area (Å²) in [7, 11) is -2.05. The van der Waals surface area contributed by atoms with Crippen molar-refractivity contribution in [3.8, 4) is 0 Å². The summed E-state index contributed by atoms with van der Waals surface area (Å²) in [6.45, 7) is 11.1. The van der Waals surface area contributed by atoms with Gasteiger partial charge in [0.05, 0.1) is 24.6 Å². The smallest absolute Gasteiger partial charge is 0.256 e. The first-order valence-electron chi connectivity index (χ1n) is 11.5. The van der Waals surface area contributed by atoms with Gasteiger partial charge in [0.1, 0.15) is 6.33 Å². The van der Waals surface area contributed by atoms with Crippen molar-refractivity contribution in [3.05, 3.63) is 48.5 Å². The molecule has 1 amide bonds. The van der Waals surface area contributed by atoms with Crippen molar-refractivity contribution >= 4 is 31.2 Å². The number of carbonyl (C=O) groups excluding carboxylic acids is 1. The molecule has 1 aromatic carbocycles. The third-order valence-electron chi connectivity index (χ3n) is 6.97. The Labute approximate surface area is 195 Å². The highest BCUT2D eigenvalue weighted by atomic mass is 28.4. The van der Waals surface area contributed by atoms with Crippen molar-refractivity contribution in [1.29, 1.82) is 0 Å². The zero-order valence-corrected chi connectivity index (χ0v) is 20.9. The molecule has 176 valence electrons. The van der Waals surface area contributed by atoms with Gasteiger partial charge in [-0.05, 0) is 43.1 Å². The molecular formula is C24H33N5O3Si. The number of hydrogen-bond donors (Lipinski definition) is 2. The Morgan fingerprint density at radius 3 is 2.58 bits per heavy atom. The number of anilines is 1. The molecule has 0 spiro atoms. The largest absolute Gasteiger partial charge is 0.412 e. The topological polar surface area (TPSA) is 102 Å². The van der Waals surface area contributed by atoms with E-state index in [1.165, 1.54) is 6.33 Å². The molecule has 9 heteroatoms. The number of amides is 1. The third-order valence-corrected chi connectivity index (χ3v) is 11.5. The van der Waals surface area contributed by atoms with Crippen molar-refractivity contribution in [2.45, 2.75) is 76.4 Å². The standard InChI is InChI=1S/C24H33N5O3Si/c1-24(2,3)33(4,5)32-19-13-17(30)11-12-18(19)29-15-27-20-21(25-14-26-22(20)29)28-23(31)16-9-7-6-8-10-16/h6-10,14-15,17-19,30H,11-13H2,1-5H3,(H,25,26,28,31)/t17-,18-,19-/m1/s1. The van der Waals surface area contributed by atoms with Gasteiger partial charge in [0.15, 0.2) is 25.3 Å². The van der Waals surface area contributed by atoms with E-state index >= 15 is 0 Å². The van der Waals surface area contributed by atoms with E-state index in [1.54, 1.807) is 18.5 Å². The van der Waals surface area contributed by atoms with Crippen LogP contribution in [0.25, 0.3) is 11.2 Å². The van der Waals surface area contributed by atoms with Gasteiger partial charge in [-0.2, -0.15) is 0 Å². The number of aliphatic hydroxyl groups excluding tert-OH is 1. The molecule has 1 aliphatic rings. The SMILES string of the molecule is CC(C)(C)[Si](C)(C)O[C@@H]1C[C@H](O)CC[C@H]1n1cnc2c(NC(=O)c3ccccc3)ncnc21. The van der Waals surface area contributed by atoms with Crippen LogP contribution < -0.4 is 5.32 Å². The van der Waals surface area contributed by atoms with Gasteiger partial charge < -0.3 is 19.4 Å². The summed E-state index contributed by atoms with van der Waals surface area (Å²) in [6.07, 6.45) is 4.74. The van der Waals surface area contributed by atoms with Gasteiger partial charge in [0.2, 0.25) is 0 Å². The molecule has 0 aliphatic heterocycles. The van der Waals surface area contributed by atoms with E-state index in [-0.39, 0.29) is 29.2 Å². The summed E-state index contributed by atoms with van der Waals surface area (Å²) >= 11 is 0. The molecule has 1 saturated carbocycles. The molecule has 3 aromatic rings. The van der Waals surface area contributed by atoms with Gasteiger partial charge in [0.25, 0.3) is 5.91 Å². The van der Waals surface area contributed by atoms with Crippen molar-refractivity contribution < 1.29 is 14.3 Å². The van der Waals surface area contributed by atoms with Crippen LogP contribution in [0, 0.1) is 0 Å². The van der Waals surface area contributed by atoms with E-state index in [2.05, 4.69) is 54.1 Å². The fourth-order valence-corrected chi connectivity index (χ4v) is 5.41. The molecule has 2 N–H and O–H groups in total. The Hall–Kier alpha value is -2.62. The van der Waals surface area contributed by atoms with Crippen molar-refractivity contribution in [2.24, 2.45) is 0 Å².